The van der Waals surface area contributed by atoms with E-state index in [0.717, 1.165) is 47.1 Å². The van der Waals surface area contributed by atoms with E-state index in [1.54, 1.807) is 31.5 Å². The molecule has 2 aromatic heterocycles. The molecule has 1 unspecified atom stereocenters. The van der Waals surface area contributed by atoms with Crippen molar-refractivity contribution in [2.45, 2.75) is 75.8 Å². The van der Waals surface area contributed by atoms with Crippen LogP contribution in [-0.4, -0.2) is 69.2 Å². The highest BCUT2D eigenvalue weighted by atomic mass is 16.2. The summed E-state index contributed by atoms with van der Waals surface area (Å²) in [6.07, 6.45) is 11.1. The fourth-order valence-electron chi connectivity index (χ4n) is 6.30. The number of imidazole rings is 1. The highest BCUT2D eigenvalue weighted by molar-refractivity contribution is 5.95. The van der Waals surface area contributed by atoms with Crippen molar-refractivity contribution in [3.8, 4) is 0 Å². The van der Waals surface area contributed by atoms with Crippen LogP contribution in [0, 0.1) is 0 Å². The van der Waals surface area contributed by atoms with E-state index in [0.29, 0.717) is 38.2 Å². The zero-order valence-electron chi connectivity index (χ0n) is 29.8. The number of aromatic amines is 1. The maximum absolute atomic E-state index is 13.5. The van der Waals surface area contributed by atoms with Crippen LogP contribution in [0.1, 0.15) is 75.3 Å². The summed E-state index contributed by atoms with van der Waals surface area (Å²) in [6.45, 7) is 1.73. The Bertz CT molecular complexity index is 1870. The number of carbonyl (C=O) groups is 5. The van der Waals surface area contributed by atoms with Crippen molar-refractivity contribution in [3.05, 3.63) is 90.3 Å². The minimum absolute atomic E-state index is 0.262. The van der Waals surface area contributed by atoms with Gasteiger partial charge >= 0.3 is 0 Å². The molecule has 53 heavy (non-hydrogen) atoms. The van der Waals surface area contributed by atoms with Gasteiger partial charge in [-0.25, -0.2) is 4.98 Å². The number of unbranched alkanes of at least 4 members (excludes halogenated alkanes) is 1. The number of pyridine rings is 1. The van der Waals surface area contributed by atoms with E-state index in [9.17, 15) is 24.0 Å². The number of H-pyrrole nitrogens is 1. The molecule has 2 heterocycles. The summed E-state index contributed by atoms with van der Waals surface area (Å²) in [5, 5.41) is 14.3. The number of nitrogens with two attached hydrogens (primary N) is 1. The van der Waals surface area contributed by atoms with Crippen molar-refractivity contribution in [3.63, 3.8) is 0 Å². The molecule has 278 valence electrons. The molecule has 14 nitrogen and oxygen atoms in total. The third kappa shape index (κ3) is 11.0. The van der Waals surface area contributed by atoms with Crippen molar-refractivity contribution >= 4 is 58.3 Å². The average molecular weight is 722 g/mol. The summed E-state index contributed by atoms with van der Waals surface area (Å²) < 4.78 is 0. The highest BCUT2D eigenvalue weighted by Crippen LogP contribution is 2.28. The fraction of sp³-hybridized carbons (Fsp3) is 0.359. The van der Waals surface area contributed by atoms with Crippen molar-refractivity contribution < 1.29 is 24.0 Å². The van der Waals surface area contributed by atoms with Crippen LogP contribution < -0.4 is 32.3 Å². The number of amides is 5. The monoisotopic (exact) mass is 721 g/mol. The number of nitrogens with one attached hydrogen (secondary N) is 6. The van der Waals surface area contributed by atoms with Crippen LogP contribution in [-0.2, 0) is 24.0 Å². The van der Waals surface area contributed by atoms with Gasteiger partial charge in [-0.15, -0.1) is 0 Å². The molecule has 2 aromatic carbocycles. The lowest BCUT2D eigenvalue weighted by Gasteiger charge is -2.35. The fourth-order valence-corrected chi connectivity index (χ4v) is 6.30. The van der Waals surface area contributed by atoms with Crippen LogP contribution in [0.25, 0.3) is 17.1 Å². The molecule has 5 rings (SSSR count). The number of rotatable bonds is 17. The quantitative estimate of drug-likeness (QED) is 0.0629. The van der Waals surface area contributed by atoms with Crippen molar-refractivity contribution in [2.75, 3.05) is 18.4 Å². The van der Waals surface area contributed by atoms with Gasteiger partial charge in [-0.2, -0.15) is 0 Å². The van der Waals surface area contributed by atoms with E-state index in [1.807, 2.05) is 54.6 Å². The Kier molecular flexibility index (Phi) is 13.3. The first-order chi connectivity index (χ1) is 25.6. The zero-order chi connectivity index (χ0) is 37.6. The molecular weight excluding hydrogens is 674 g/mol. The maximum Gasteiger partial charge on any atom is 0.243 e. The van der Waals surface area contributed by atoms with Crippen LogP contribution >= 0.6 is 0 Å². The molecule has 0 aliphatic heterocycles. The van der Waals surface area contributed by atoms with Crippen LogP contribution in [0.3, 0.4) is 0 Å². The van der Waals surface area contributed by atoms with Gasteiger partial charge in [0.2, 0.25) is 35.5 Å². The summed E-state index contributed by atoms with van der Waals surface area (Å²) in [5.74, 6) is -2.28. The Morgan fingerprint density at radius 3 is 2.42 bits per heavy atom. The summed E-state index contributed by atoms with van der Waals surface area (Å²) >= 11 is 0. The van der Waals surface area contributed by atoms with Crippen LogP contribution in [0.5, 0.6) is 0 Å². The first kappa shape index (κ1) is 38.2. The van der Waals surface area contributed by atoms with E-state index in [2.05, 4.69) is 41.5 Å². The third-order valence-electron chi connectivity index (χ3n) is 9.40. The van der Waals surface area contributed by atoms with Gasteiger partial charge in [0.05, 0.1) is 23.5 Å². The number of carbonyl (C=O) groups excluding carboxylic acids is 5. The minimum atomic E-state index is -1.13. The second-order valence-corrected chi connectivity index (χ2v) is 13.3. The summed E-state index contributed by atoms with van der Waals surface area (Å²) in [6, 6.07) is 17.7. The summed E-state index contributed by atoms with van der Waals surface area (Å²) in [5.41, 5.74) is 8.60. The number of fused-ring (bicyclic) bond motifs is 1. The molecule has 0 bridgehead atoms. The van der Waals surface area contributed by atoms with Gasteiger partial charge in [0.15, 0.2) is 0 Å². The Morgan fingerprint density at radius 1 is 0.925 bits per heavy atom. The molecule has 1 saturated carbocycles. The number of nitrogens with zero attached hydrogens (tertiary/aromatic N) is 2. The molecule has 1 aliphatic rings. The molecule has 8 N–H and O–H groups in total. The van der Waals surface area contributed by atoms with Gasteiger partial charge < -0.3 is 37.3 Å². The molecule has 5 amide bonds. The molecule has 1 fully saturated rings. The Balaban J connectivity index is 1.16. The van der Waals surface area contributed by atoms with Crippen LogP contribution in [0.2, 0.25) is 0 Å². The number of para-hydroxylation sites is 2. The van der Waals surface area contributed by atoms with Crippen molar-refractivity contribution in [2.24, 2.45) is 5.73 Å². The average Bonchev–Trinajstić information content (AvgIpc) is 3.58. The summed E-state index contributed by atoms with van der Waals surface area (Å²) in [7, 11) is 0. The molecular formula is C39H47N9O5. The number of hydrogen-bond acceptors (Lipinski definition) is 8. The number of hydrogen-bond donors (Lipinski definition) is 7. The van der Waals surface area contributed by atoms with Gasteiger partial charge in [0, 0.05) is 30.7 Å². The smallest absolute Gasteiger partial charge is 0.243 e. The number of anilines is 2. The van der Waals surface area contributed by atoms with Gasteiger partial charge in [0.1, 0.15) is 11.6 Å². The third-order valence-corrected chi connectivity index (χ3v) is 9.40. The first-order valence-electron chi connectivity index (χ1n) is 18.0. The predicted molar refractivity (Wildman–Crippen MR) is 202 cm³/mol. The molecule has 0 saturated heterocycles. The Morgan fingerprint density at radius 2 is 1.70 bits per heavy atom. The predicted octanol–water partition coefficient (Wildman–Crippen LogP) is 3.71. The minimum Gasteiger partial charge on any atom is -0.368 e. The molecule has 0 spiro atoms. The Labute approximate surface area is 308 Å². The number of primary amides is 1. The number of benzene rings is 2. The van der Waals surface area contributed by atoms with Crippen LogP contribution in [0.4, 0.5) is 11.6 Å². The normalized spacial score (nSPS) is 14.9. The van der Waals surface area contributed by atoms with Gasteiger partial charge in [-0.05, 0) is 86.6 Å². The molecule has 4 aromatic rings. The topological polar surface area (TPSA) is 213 Å². The van der Waals surface area contributed by atoms with Crippen LogP contribution in [0.15, 0.2) is 79.1 Å². The van der Waals surface area contributed by atoms with Crippen molar-refractivity contribution in [1.29, 1.82) is 0 Å². The van der Waals surface area contributed by atoms with Crippen molar-refractivity contribution in [1.82, 2.24) is 36.2 Å². The Hall–Kier alpha value is -6.05. The van der Waals surface area contributed by atoms with Gasteiger partial charge in [0.25, 0.3) is 0 Å². The van der Waals surface area contributed by atoms with E-state index < -0.39 is 35.2 Å². The van der Waals surface area contributed by atoms with Gasteiger partial charge in [-0.3, -0.25) is 29.0 Å². The lowest BCUT2D eigenvalue weighted by molar-refractivity contribution is -0.134. The standard InChI is InChI=1S/C39H47N9O5/c1-26(28-15-17-29(18-16-28)44-38-46-30-11-3-4-12-31(30)47-38)35(51)45-32(13-5-8-23-42-33(49)19-14-27-10-9-22-41-24-27)36(52)43-25-34(50)48-39(37(40)53)20-6-2-7-21-39/h3-4,9-12,14-19,22,24,26,32H,2,5-8,13,20-21,23,25H2,1H3,(H2,40,53)(H,42,49)(H,43,52)(H,45,51)(H,48,50)(H2,44,46,47)/b19-14+/t26?,32-/m1/s1. The SMILES string of the molecule is CC(C(=O)N[C@H](CCCCNC(=O)/C=C/c1cccnc1)C(=O)NCC(=O)NC1(C(N)=O)CCCCC1)c1ccc(Nc2nc3ccccc3[nH]2)cc1. The van der Waals surface area contributed by atoms with E-state index >= 15 is 0 Å². The number of aromatic nitrogens is 3. The second-order valence-electron chi connectivity index (χ2n) is 13.3. The highest BCUT2D eigenvalue weighted by Gasteiger charge is 2.39. The first-order valence-corrected chi connectivity index (χ1v) is 18.0. The second kappa shape index (κ2) is 18.4. The lowest BCUT2D eigenvalue weighted by atomic mass is 9.81. The van der Waals surface area contributed by atoms with E-state index in [1.165, 1.54) is 6.08 Å². The maximum atomic E-state index is 13.5. The van der Waals surface area contributed by atoms with E-state index in [-0.39, 0.29) is 24.8 Å². The molecule has 2 atom stereocenters. The molecule has 0 radical (unpaired) electrons. The molecule has 1 aliphatic carbocycles. The lowest BCUT2D eigenvalue weighted by Crippen LogP contribution is -2.60. The summed E-state index contributed by atoms with van der Waals surface area (Å²) in [4.78, 5) is 76.1. The molecule has 14 heteroatoms. The largest absolute Gasteiger partial charge is 0.368 e. The van der Waals surface area contributed by atoms with E-state index in [4.69, 9.17) is 5.73 Å². The zero-order valence-corrected chi connectivity index (χ0v) is 29.8. The van der Waals surface area contributed by atoms with Gasteiger partial charge in [-0.1, -0.05) is 49.6 Å².